The monoisotopic (exact) mass is 213 g/mol. The number of rotatable bonds is 10. The molecule has 0 aromatic heterocycles. The molecule has 2 nitrogen and oxygen atoms in total. The minimum atomic E-state index is 0.579. The summed E-state index contributed by atoms with van der Waals surface area (Å²) in [6.07, 6.45) is 8.74. The number of carbonyl (C=O) groups excluding carboxylic acids is 1. The molecular weight excluding hydrogens is 186 g/mol. The van der Waals surface area contributed by atoms with Gasteiger partial charge in [0.05, 0.1) is 0 Å². The average molecular weight is 213 g/mol. The molecule has 0 aromatic carbocycles. The van der Waals surface area contributed by atoms with Crippen molar-refractivity contribution in [3.63, 3.8) is 0 Å². The first kappa shape index (κ1) is 14.5. The molecule has 90 valence electrons. The Kier molecular flexibility index (Phi) is 9.65. The highest BCUT2D eigenvalue weighted by Gasteiger charge is 2.03. The van der Waals surface area contributed by atoms with Gasteiger partial charge in [0.25, 0.3) is 0 Å². The first-order valence-corrected chi connectivity index (χ1v) is 6.40. The second-order valence-corrected chi connectivity index (χ2v) is 4.76. The van der Waals surface area contributed by atoms with Crippen molar-refractivity contribution in [2.45, 2.75) is 59.3 Å². The molecule has 0 bridgehead atoms. The third-order valence-corrected chi connectivity index (χ3v) is 2.55. The lowest BCUT2D eigenvalue weighted by Crippen LogP contribution is -2.27. The Labute approximate surface area is 95.0 Å². The van der Waals surface area contributed by atoms with Crippen LogP contribution in [0.1, 0.15) is 59.3 Å². The minimum Gasteiger partial charge on any atom is -0.345 e. The van der Waals surface area contributed by atoms with Gasteiger partial charge in [0.1, 0.15) is 0 Å². The fourth-order valence-corrected chi connectivity index (χ4v) is 1.75. The largest absolute Gasteiger partial charge is 0.345 e. The second kappa shape index (κ2) is 10.0. The third-order valence-electron chi connectivity index (χ3n) is 2.55. The summed E-state index contributed by atoms with van der Waals surface area (Å²) in [6, 6.07) is 0. The molecule has 2 heteroatoms. The third kappa shape index (κ3) is 9.77. The number of nitrogens with zero attached hydrogens (tertiary/aromatic N) is 1. The predicted octanol–water partition coefficient (Wildman–Crippen LogP) is 3.46. The molecule has 0 unspecified atom stereocenters. The van der Waals surface area contributed by atoms with Gasteiger partial charge in [-0.25, -0.2) is 0 Å². The van der Waals surface area contributed by atoms with Gasteiger partial charge in [-0.2, -0.15) is 0 Å². The van der Waals surface area contributed by atoms with Crippen LogP contribution in [0.15, 0.2) is 0 Å². The molecule has 0 aromatic rings. The van der Waals surface area contributed by atoms with Crippen molar-refractivity contribution in [2.75, 3.05) is 13.1 Å². The summed E-state index contributed by atoms with van der Waals surface area (Å²) in [6.45, 7) is 8.37. The molecule has 0 aliphatic rings. The maximum atomic E-state index is 10.7. The van der Waals surface area contributed by atoms with Crippen LogP contribution in [0.2, 0.25) is 0 Å². The summed E-state index contributed by atoms with van der Waals surface area (Å²) < 4.78 is 0. The van der Waals surface area contributed by atoms with Crippen molar-refractivity contribution >= 4 is 6.41 Å². The summed E-state index contributed by atoms with van der Waals surface area (Å²) in [5.74, 6) is 0.579. The van der Waals surface area contributed by atoms with Crippen molar-refractivity contribution in [2.24, 2.45) is 5.92 Å². The highest BCUT2D eigenvalue weighted by Crippen LogP contribution is 2.06. The zero-order valence-electron chi connectivity index (χ0n) is 10.7. The number of carbonyl (C=O) groups is 1. The normalized spacial score (nSPS) is 10.7. The number of hydrogen-bond acceptors (Lipinski definition) is 1. The molecule has 0 saturated heterocycles. The summed E-state index contributed by atoms with van der Waals surface area (Å²) in [7, 11) is 0. The second-order valence-electron chi connectivity index (χ2n) is 4.76. The Hall–Kier alpha value is -0.530. The summed E-state index contributed by atoms with van der Waals surface area (Å²) in [4.78, 5) is 12.6. The van der Waals surface area contributed by atoms with E-state index < -0.39 is 0 Å². The maximum Gasteiger partial charge on any atom is 0.209 e. The van der Waals surface area contributed by atoms with Crippen molar-refractivity contribution in [3.8, 4) is 0 Å². The molecule has 0 fully saturated rings. The molecule has 0 radical (unpaired) electrons. The Morgan fingerprint density at radius 2 is 1.67 bits per heavy atom. The van der Waals surface area contributed by atoms with E-state index in [1.807, 2.05) is 4.90 Å². The van der Waals surface area contributed by atoms with E-state index >= 15 is 0 Å². The van der Waals surface area contributed by atoms with E-state index in [2.05, 4.69) is 20.8 Å². The van der Waals surface area contributed by atoms with E-state index in [1.54, 1.807) is 0 Å². The number of unbranched alkanes of at least 4 members (excludes halogenated alkanes) is 5. The lowest BCUT2D eigenvalue weighted by Gasteiger charge is -2.19. The minimum absolute atomic E-state index is 0.579. The molecule has 0 aliphatic heterocycles. The number of hydrogen-bond donors (Lipinski definition) is 0. The van der Waals surface area contributed by atoms with Crippen molar-refractivity contribution in [3.05, 3.63) is 0 Å². The zero-order valence-corrected chi connectivity index (χ0v) is 10.7. The smallest absolute Gasteiger partial charge is 0.209 e. The van der Waals surface area contributed by atoms with Crippen LogP contribution in [-0.4, -0.2) is 24.4 Å². The van der Waals surface area contributed by atoms with E-state index in [9.17, 15) is 4.79 Å². The highest BCUT2D eigenvalue weighted by molar-refractivity contribution is 5.46. The Morgan fingerprint density at radius 3 is 2.20 bits per heavy atom. The summed E-state index contributed by atoms with van der Waals surface area (Å²) >= 11 is 0. The first-order valence-electron chi connectivity index (χ1n) is 6.40. The molecule has 1 amide bonds. The van der Waals surface area contributed by atoms with Gasteiger partial charge in [0.15, 0.2) is 0 Å². The maximum absolute atomic E-state index is 10.7. The van der Waals surface area contributed by atoms with Gasteiger partial charge in [0, 0.05) is 13.1 Å². The fourth-order valence-electron chi connectivity index (χ4n) is 1.75. The molecule has 0 saturated carbocycles. The SMILES string of the molecule is CCCCCCCCN(C=O)CC(C)C. The summed E-state index contributed by atoms with van der Waals surface area (Å²) in [5, 5.41) is 0. The molecule has 0 aliphatic carbocycles. The van der Waals surface area contributed by atoms with Crippen LogP contribution < -0.4 is 0 Å². The zero-order chi connectivity index (χ0) is 11.5. The molecular formula is C13H27NO. The van der Waals surface area contributed by atoms with E-state index in [4.69, 9.17) is 0 Å². The van der Waals surface area contributed by atoms with Crippen molar-refractivity contribution in [1.82, 2.24) is 4.90 Å². The molecule has 0 spiro atoms. The number of amides is 1. The van der Waals surface area contributed by atoms with Gasteiger partial charge in [0.2, 0.25) is 6.41 Å². The standard InChI is InChI=1S/C13H27NO/c1-4-5-6-7-8-9-10-14(12-15)11-13(2)3/h12-13H,4-11H2,1-3H3. The summed E-state index contributed by atoms with van der Waals surface area (Å²) in [5.41, 5.74) is 0. The van der Waals surface area contributed by atoms with Crippen LogP contribution >= 0.6 is 0 Å². The van der Waals surface area contributed by atoms with Crippen LogP contribution in [-0.2, 0) is 4.79 Å². The van der Waals surface area contributed by atoms with Crippen molar-refractivity contribution in [1.29, 1.82) is 0 Å². The Balaban J connectivity index is 3.34. The Bertz CT molecular complexity index is 145. The molecule has 0 N–H and O–H groups in total. The molecule has 0 atom stereocenters. The first-order chi connectivity index (χ1) is 7.20. The van der Waals surface area contributed by atoms with Crippen LogP contribution in [0.25, 0.3) is 0 Å². The van der Waals surface area contributed by atoms with E-state index in [1.165, 1.54) is 32.1 Å². The van der Waals surface area contributed by atoms with Gasteiger partial charge >= 0.3 is 0 Å². The van der Waals surface area contributed by atoms with E-state index in [0.29, 0.717) is 5.92 Å². The topological polar surface area (TPSA) is 20.3 Å². The van der Waals surface area contributed by atoms with Crippen LogP contribution in [0.3, 0.4) is 0 Å². The average Bonchev–Trinajstić information content (AvgIpc) is 2.20. The van der Waals surface area contributed by atoms with E-state index in [0.717, 1.165) is 25.9 Å². The molecule has 0 heterocycles. The van der Waals surface area contributed by atoms with Crippen molar-refractivity contribution < 1.29 is 4.79 Å². The van der Waals surface area contributed by atoms with Gasteiger partial charge in [-0.3, -0.25) is 4.79 Å². The fraction of sp³-hybridized carbons (Fsp3) is 0.923. The van der Waals surface area contributed by atoms with E-state index in [-0.39, 0.29) is 0 Å². The van der Waals surface area contributed by atoms with Gasteiger partial charge < -0.3 is 4.90 Å². The Morgan fingerprint density at radius 1 is 1.07 bits per heavy atom. The molecule has 15 heavy (non-hydrogen) atoms. The highest BCUT2D eigenvalue weighted by atomic mass is 16.1. The van der Waals surface area contributed by atoms with Crippen LogP contribution in [0, 0.1) is 5.92 Å². The van der Waals surface area contributed by atoms with Crippen LogP contribution in [0.5, 0.6) is 0 Å². The quantitative estimate of drug-likeness (QED) is 0.402. The van der Waals surface area contributed by atoms with Gasteiger partial charge in [-0.15, -0.1) is 0 Å². The lowest BCUT2D eigenvalue weighted by atomic mass is 10.1. The van der Waals surface area contributed by atoms with Gasteiger partial charge in [-0.1, -0.05) is 52.9 Å². The van der Waals surface area contributed by atoms with Crippen LogP contribution in [0.4, 0.5) is 0 Å². The predicted molar refractivity (Wildman–Crippen MR) is 65.9 cm³/mol. The lowest BCUT2D eigenvalue weighted by molar-refractivity contribution is -0.118. The molecule has 0 rings (SSSR count). The van der Waals surface area contributed by atoms with Gasteiger partial charge in [-0.05, 0) is 12.3 Å².